The fourth-order valence-electron chi connectivity index (χ4n) is 4.60. The number of halogens is 2. The third-order valence-corrected chi connectivity index (χ3v) is 6.58. The Labute approximate surface area is 186 Å². The van der Waals surface area contributed by atoms with E-state index in [9.17, 15) is 14.0 Å². The fourth-order valence-corrected chi connectivity index (χ4v) is 4.72. The van der Waals surface area contributed by atoms with Crippen molar-refractivity contribution < 1.29 is 18.7 Å². The Balaban J connectivity index is 1.20. The van der Waals surface area contributed by atoms with Gasteiger partial charge in [-0.1, -0.05) is 49.7 Å². The number of hydrogen-bond donors (Lipinski definition) is 2. The highest BCUT2D eigenvalue weighted by Gasteiger charge is 2.72. The number of amides is 2. The Hall–Kier alpha value is -2.60. The molecule has 5 nitrogen and oxygen atoms in total. The third kappa shape index (κ3) is 4.40. The van der Waals surface area contributed by atoms with Crippen LogP contribution in [0.25, 0.3) is 0 Å². The SMILES string of the molecule is CC(C)c1ccc(CNC(=O)C23CC(NC(=O)COc4ccc(Cl)c(F)c4)(C2)C3)cc1. The summed E-state index contributed by atoms with van der Waals surface area (Å²) >= 11 is 5.63. The second kappa shape index (κ2) is 8.15. The van der Waals surface area contributed by atoms with E-state index in [4.69, 9.17) is 16.3 Å². The summed E-state index contributed by atoms with van der Waals surface area (Å²) in [6.45, 7) is 4.59. The van der Waals surface area contributed by atoms with E-state index in [1.807, 2.05) is 12.1 Å². The van der Waals surface area contributed by atoms with Crippen LogP contribution >= 0.6 is 11.6 Å². The van der Waals surface area contributed by atoms with E-state index in [0.717, 1.165) is 11.6 Å². The van der Waals surface area contributed by atoms with Crippen LogP contribution in [0.5, 0.6) is 5.75 Å². The summed E-state index contributed by atoms with van der Waals surface area (Å²) in [6.07, 6.45) is 1.91. The molecule has 0 heterocycles. The van der Waals surface area contributed by atoms with Gasteiger partial charge in [-0.15, -0.1) is 0 Å². The molecule has 164 valence electrons. The number of carbonyl (C=O) groups excluding carboxylic acids is 2. The molecule has 2 aromatic carbocycles. The number of ether oxygens (including phenoxy) is 1. The molecular formula is C24H26ClFN2O3. The maximum atomic E-state index is 13.4. The molecule has 0 radical (unpaired) electrons. The monoisotopic (exact) mass is 444 g/mol. The highest BCUT2D eigenvalue weighted by atomic mass is 35.5. The number of benzene rings is 2. The summed E-state index contributed by atoms with van der Waals surface area (Å²) < 4.78 is 18.8. The van der Waals surface area contributed by atoms with Gasteiger partial charge < -0.3 is 15.4 Å². The molecule has 7 heteroatoms. The number of hydrogen-bond acceptors (Lipinski definition) is 3. The maximum Gasteiger partial charge on any atom is 0.258 e. The molecule has 3 aliphatic carbocycles. The van der Waals surface area contributed by atoms with Crippen molar-refractivity contribution in [2.24, 2.45) is 5.41 Å². The molecule has 31 heavy (non-hydrogen) atoms. The van der Waals surface area contributed by atoms with E-state index in [2.05, 4.69) is 36.6 Å². The van der Waals surface area contributed by atoms with Crippen LogP contribution in [-0.4, -0.2) is 24.0 Å². The first-order chi connectivity index (χ1) is 14.7. The van der Waals surface area contributed by atoms with Gasteiger partial charge in [-0.25, -0.2) is 4.39 Å². The van der Waals surface area contributed by atoms with Gasteiger partial charge in [-0.05, 0) is 48.4 Å². The Morgan fingerprint density at radius 2 is 1.81 bits per heavy atom. The predicted molar refractivity (Wildman–Crippen MR) is 116 cm³/mol. The van der Waals surface area contributed by atoms with Crippen molar-refractivity contribution in [2.75, 3.05) is 6.61 Å². The first kappa shape index (κ1) is 21.6. The lowest BCUT2D eigenvalue weighted by atomic mass is 9.39. The van der Waals surface area contributed by atoms with Crippen LogP contribution < -0.4 is 15.4 Å². The summed E-state index contributed by atoms with van der Waals surface area (Å²) in [5.41, 5.74) is 1.66. The van der Waals surface area contributed by atoms with Crippen molar-refractivity contribution in [1.82, 2.24) is 10.6 Å². The zero-order valence-corrected chi connectivity index (χ0v) is 18.4. The molecule has 0 aliphatic heterocycles. The van der Waals surface area contributed by atoms with Gasteiger partial charge in [0.25, 0.3) is 5.91 Å². The van der Waals surface area contributed by atoms with E-state index < -0.39 is 5.82 Å². The van der Waals surface area contributed by atoms with Crippen molar-refractivity contribution in [3.8, 4) is 5.75 Å². The minimum atomic E-state index is -0.595. The van der Waals surface area contributed by atoms with E-state index in [1.165, 1.54) is 17.7 Å². The summed E-state index contributed by atoms with van der Waals surface area (Å²) in [5, 5.41) is 6.00. The van der Waals surface area contributed by atoms with Crippen molar-refractivity contribution in [3.05, 3.63) is 64.4 Å². The minimum Gasteiger partial charge on any atom is -0.484 e. The predicted octanol–water partition coefficient (Wildman–Crippen LogP) is 4.34. The second-order valence-corrected chi connectivity index (χ2v) is 9.49. The first-order valence-electron chi connectivity index (χ1n) is 10.5. The van der Waals surface area contributed by atoms with Gasteiger partial charge in [-0.3, -0.25) is 9.59 Å². The standard InChI is InChI=1S/C24H26ClFN2O3/c1-15(2)17-5-3-16(4-6-17)10-27-22(30)23-12-24(13-23,14-23)28-21(29)11-31-18-7-8-19(25)20(26)9-18/h3-9,15H,10-14H2,1-2H3,(H,27,30)(H,28,29). The largest absolute Gasteiger partial charge is 0.484 e. The normalized spacial score (nSPS) is 23.5. The molecule has 2 N–H and O–H groups in total. The zero-order valence-electron chi connectivity index (χ0n) is 17.6. The fraction of sp³-hybridized carbons (Fsp3) is 0.417. The van der Waals surface area contributed by atoms with Crippen molar-refractivity contribution in [2.45, 2.75) is 51.1 Å². The number of carbonyl (C=O) groups is 2. The second-order valence-electron chi connectivity index (χ2n) is 9.08. The molecule has 5 rings (SSSR count). The van der Waals surface area contributed by atoms with Gasteiger partial charge >= 0.3 is 0 Å². The molecule has 2 aromatic rings. The van der Waals surface area contributed by atoms with Crippen molar-refractivity contribution in [1.29, 1.82) is 0 Å². The Bertz CT molecular complexity index is 987. The van der Waals surface area contributed by atoms with Crippen LogP contribution in [0, 0.1) is 11.2 Å². The molecule has 3 aliphatic rings. The molecule has 0 unspecified atom stereocenters. The van der Waals surface area contributed by atoms with E-state index in [1.54, 1.807) is 0 Å². The molecule has 2 bridgehead atoms. The van der Waals surface area contributed by atoms with E-state index in [-0.39, 0.29) is 40.1 Å². The van der Waals surface area contributed by atoms with Crippen LogP contribution in [-0.2, 0) is 16.1 Å². The molecule has 3 fully saturated rings. The lowest BCUT2D eigenvalue weighted by molar-refractivity contribution is -0.184. The molecule has 0 aromatic heterocycles. The smallest absolute Gasteiger partial charge is 0.258 e. The van der Waals surface area contributed by atoms with Gasteiger partial charge in [0.15, 0.2) is 6.61 Å². The topological polar surface area (TPSA) is 67.4 Å². The number of rotatable bonds is 8. The quantitative estimate of drug-likeness (QED) is 0.636. The van der Waals surface area contributed by atoms with Gasteiger partial charge in [-0.2, -0.15) is 0 Å². The molecule has 3 saturated carbocycles. The lowest BCUT2D eigenvalue weighted by Gasteiger charge is -2.69. The maximum absolute atomic E-state index is 13.4. The molecule has 0 spiro atoms. The Morgan fingerprint density at radius 3 is 2.42 bits per heavy atom. The first-order valence-corrected chi connectivity index (χ1v) is 10.8. The van der Waals surface area contributed by atoms with Gasteiger partial charge in [0.05, 0.1) is 10.4 Å². The summed E-state index contributed by atoms with van der Waals surface area (Å²) in [5.74, 6) is -0.109. The Morgan fingerprint density at radius 1 is 1.13 bits per heavy atom. The van der Waals surface area contributed by atoms with Gasteiger partial charge in [0.1, 0.15) is 11.6 Å². The summed E-state index contributed by atoms with van der Waals surface area (Å²) in [6, 6.07) is 12.3. The average molecular weight is 445 g/mol. The van der Waals surface area contributed by atoms with Crippen molar-refractivity contribution in [3.63, 3.8) is 0 Å². The Kier molecular flexibility index (Phi) is 5.69. The third-order valence-electron chi connectivity index (χ3n) is 6.28. The highest BCUT2D eigenvalue weighted by Crippen LogP contribution is 2.67. The van der Waals surface area contributed by atoms with Gasteiger partial charge in [0, 0.05) is 18.2 Å². The molecular weight excluding hydrogens is 419 g/mol. The molecule has 2 amide bonds. The van der Waals surface area contributed by atoms with Crippen LogP contribution in [0.4, 0.5) is 4.39 Å². The van der Waals surface area contributed by atoms with Crippen molar-refractivity contribution >= 4 is 23.4 Å². The van der Waals surface area contributed by atoms with Gasteiger partial charge in [0.2, 0.25) is 5.91 Å². The number of nitrogens with one attached hydrogen (secondary N) is 2. The molecule has 0 atom stereocenters. The molecule has 0 saturated heterocycles. The van der Waals surface area contributed by atoms with Crippen LogP contribution in [0.3, 0.4) is 0 Å². The average Bonchev–Trinajstić information content (AvgIpc) is 2.69. The van der Waals surface area contributed by atoms with Crippen LogP contribution in [0.15, 0.2) is 42.5 Å². The van der Waals surface area contributed by atoms with Crippen LogP contribution in [0.2, 0.25) is 5.02 Å². The summed E-state index contributed by atoms with van der Waals surface area (Å²) in [4.78, 5) is 24.8. The van der Waals surface area contributed by atoms with E-state index >= 15 is 0 Å². The van der Waals surface area contributed by atoms with Crippen LogP contribution in [0.1, 0.15) is 50.2 Å². The zero-order chi connectivity index (χ0) is 22.2. The van der Waals surface area contributed by atoms with E-state index in [0.29, 0.717) is 31.7 Å². The minimum absolute atomic E-state index is 0.00168. The lowest BCUT2D eigenvalue weighted by Crippen LogP contribution is -2.78. The highest BCUT2D eigenvalue weighted by molar-refractivity contribution is 6.30. The summed E-state index contributed by atoms with van der Waals surface area (Å²) in [7, 11) is 0.